The van der Waals surface area contributed by atoms with Crippen LogP contribution in [0.4, 0.5) is 5.69 Å². The SMILES string of the molecule is CCn1c(Sc2ccc([N+](=O)[O-])c(C)c2)nnc1-c1cccnc1. The van der Waals surface area contributed by atoms with Crippen LogP contribution in [0.5, 0.6) is 0 Å². The minimum atomic E-state index is -0.376. The monoisotopic (exact) mass is 341 g/mol. The molecule has 0 aliphatic carbocycles. The Balaban J connectivity index is 1.93. The maximum atomic E-state index is 10.9. The lowest BCUT2D eigenvalue weighted by atomic mass is 10.2. The Bertz CT molecular complexity index is 879. The van der Waals surface area contributed by atoms with Crippen molar-refractivity contribution in [2.75, 3.05) is 0 Å². The number of nitro groups is 1. The standard InChI is InChI=1S/C16H15N5O2S/c1-3-20-15(12-5-4-8-17-10-12)18-19-16(20)24-13-6-7-14(21(22)23)11(2)9-13/h4-10H,3H2,1-2H3. The van der Waals surface area contributed by atoms with Crippen molar-refractivity contribution < 1.29 is 4.92 Å². The van der Waals surface area contributed by atoms with Crippen molar-refractivity contribution in [2.45, 2.75) is 30.4 Å². The second kappa shape index (κ2) is 6.79. The summed E-state index contributed by atoms with van der Waals surface area (Å²) in [5.74, 6) is 0.756. The molecule has 1 aromatic carbocycles. The molecule has 0 N–H and O–H groups in total. The Hall–Kier alpha value is -2.74. The van der Waals surface area contributed by atoms with Gasteiger partial charge in [0.2, 0.25) is 0 Å². The third-order valence-electron chi connectivity index (χ3n) is 3.53. The molecule has 7 nitrogen and oxygen atoms in total. The van der Waals surface area contributed by atoms with Crippen LogP contribution in [0.2, 0.25) is 0 Å². The Morgan fingerprint density at radius 1 is 1.29 bits per heavy atom. The average molecular weight is 341 g/mol. The van der Waals surface area contributed by atoms with E-state index in [4.69, 9.17) is 0 Å². The van der Waals surface area contributed by atoms with Crippen molar-refractivity contribution in [2.24, 2.45) is 0 Å². The molecule has 0 spiro atoms. The summed E-state index contributed by atoms with van der Waals surface area (Å²) >= 11 is 1.44. The van der Waals surface area contributed by atoms with Gasteiger partial charge in [0, 0.05) is 41.0 Å². The fourth-order valence-corrected chi connectivity index (χ4v) is 3.35. The Kier molecular flexibility index (Phi) is 4.57. The van der Waals surface area contributed by atoms with Gasteiger partial charge < -0.3 is 4.57 Å². The molecular formula is C16H15N5O2S. The summed E-state index contributed by atoms with van der Waals surface area (Å²) in [6.07, 6.45) is 3.46. The number of hydrogen-bond acceptors (Lipinski definition) is 6. The molecule has 0 radical (unpaired) electrons. The van der Waals surface area contributed by atoms with Gasteiger partial charge in [0.15, 0.2) is 11.0 Å². The maximum Gasteiger partial charge on any atom is 0.272 e. The molecule has 3 aromatic rings. The van der Waals surface area contributed by atoms with Gasteiger partial charge in [0.25, 0.3) is 5.69 Å². The third kappa shape index (κ3) is 3.13. The third-order valence-corrected chi connectivity index (χ3v) is 4.50. The molecule has 3 rings (SSSR count). The van der Waals surface area contributed by atoms with E-state index in [-0.39, 0.29) is 10.6 Å². The zero-order valence-electron chi connectivity index (χ0n) is 13.2. The van der Waals surface area contributed by atoms with Crippen molar-refractivity contribution in [3.63, 3.8) is 0 Å². The van der Waals surface area contributed by atoms with E-state index < -0.39 is 0 Å². The normalized spacial score (nSPS) is 10.8. The van der Waals surface area contributed by atoms with Gasteiger partial charge in [-0.1, -0.05) is 0 Å². The van der Waals surface area contributed by atoms with Gasteiger partial charge >= 0.3 is 0 Å². The first-order valence-corrected chi connectivity index (χ1v) is 8.18. The zero-order valence-corrected chi connectivity index (χ0v) is 14.0. The number of nitrogens with zero attached hydrogens (tertiary/aromatic N) is 5. The molecule has 8 heteroatoms. The molecule has 0 atom stereocenters. The van der Waals surface area contributed by atoms with Crippen molar-refractivity contribution in [3.05, 3.63) is 58.4 Å². The lowest BCUT2D eigenvalue weighted by molar-refractivity contribution is -0.385. The van der Waals surface area contributed by atoms with Crippen LogP contribution in [-0.4, -0.2) is 24.7 Å². The Morgan fingerprint density at radius 2 is 2.12 bits per heavy atom. The van der Waals surface area contributed by atoms with Gasteiger partial charge in [-0.2, -0.15) is 0 Å². The average Bonchev–Trinajstić information content (AvgIpc) is 2.98. The molecule has 0 aliphatic rings. The minimum absolute atomic E-state index is 0.118. The number of hydrogen-bond donors (Lipinski definition) is 0. The van der Waals surface area contributed by atoms with Crippen LogP contribution in [-0.2, 0) is 6.54 Å². The lowest BCUT2D eigenvalue weighted by Gasteiger charge is -2.07. The molecular weight excluding hydrogens is 326 g/mol. The lowest BCUT2D eigenvalue weighted by Crippen LogP contribution is -1.99. The summed E-state index contributed by atoms with van der Waals surface area (Å²) in [7, 11) is 0. The van der Waals surface area contributed by atoms with Crippen molar-refractivity contribution in [1.82, 2.24) is 19.7 Å². The van der Waals surface area contributed by atoms with Crippen LogP contribution < -0.4 is 0 Å². The predicted octanol–water partition coefficient (Wildman–Crippen LogP) is 3.73. The van der Waals surface area contributed by atoms with E-state index in [1.54, 1.807) is 31.5 Å². The van der Waals surface area contributed by atoms with Gasteiger partial charge in [-0.05, 0) is 49.9 Å². The van der Waals surface area contributed by atoms with E-state index in [1.807, 2.05) is 23.6 Å². The number of nitro benzene ring substituents is 1. The van der Waals surface area contributed by atoms with Crippen LogP contribution >= 0.6 is 11.8 Å². The van der Waals surface area contributed by atoms with Gasteiger partial charge in [-0.25, -0.2) is 0 Å². The summed E-state index contributed by atoms with van der Waals surface area (Å²) in [6.45, 7) is 4.47. The van der Waals surface area contributed by atoms with E-state index in [0.717, 1.165) is 21.4 Å². The fourth-order valence-electron chi connectivity index (χ4n) is 2.36. The zero-order chi connectivity index (χ0) is 17.1. The van der Waals surface area contributed by atoms with Crippen LogP contribution in [0.25, 0.3) is 11.4 Å². The molecule has 2 heterocycles. The van der Waals surface area contributed by atoms with Gasteiger partial charge in [0.05, 0.1) is 4.92 Å². The first kappa shape index (κ1) is 16.1. The molecule has 24 heavy (non-hydrogen) atoms. The minimum Gasteiger partial charge on any atom is -0.302 e. The highest BCUT2D eigenvalue weighted by atomic mass is 32.2. The highest BCUT2D eigenvalue weighted by Crippen LogP contribution is 2.32. The quantitative estimate of drug-likeness (QED) is 0.519. The number of aromatic nitrogens is 4. The molecule has 0 unspecified atom stereocenters. The van der Waals surface area contributed by atoms with E-state index in [0.29, 0.717) is 12.1 Å². The van der Waals surface area contributed by atoms with Crippen LogP contribution in [0.3, 0.4) is 0 Å². The smallest absolute Gasteiger partial charge is 0.272 e. The fraction of sp³-hybridized carbons (Fsp3) is 0.188. The van der Waals surface area contributed by atoms with Gasteiger partial charge in [-0.3, -0.25) is 15.1 Å². The molecule has 0 fully saturated rings. The summed E-state index contributed by atoms with van der Waals surface area (Å²) in [5, 5.41) is 20.2. The summed E-state index contributed by atoms with van der Waals surface area (Å²) in [5.41, 5.74) is 1.64. The van der Waals surface area contributed by atoms with Crippen LogP contribution in [0.15, 0.2) is 52.8 Å². The molecule has 0 saturated carbocycles. The van der Waals surface area contributed by atoms with Gasteiger partial charge in [-0.15, -0.1) is 10.2 Å². The largest absolute Gasteiger partial charge is 0.302 e. The van der Waals surface area contributed by atoms with E-state index >= 15 is 0 Å². The van der Waals surface area contributed by atoms with Crippen molar-refractivity contribution >= 4 is 17.4 Å². The first-order chi connectivity index (χ1) is 11.6. The van der Waals surface area contributed by atoms with Gasteiger partial charge in [0.1, 0.15) is 0 Å². The maximum absolute atomic E-state index is 10.9. The second-order valence-electron chi connectivity index (χ2n) is 5.10. The van der Waals surface area contributed by atoms with E-state index in [1.165, 1.54) is 17.8 Å². The van der Waals surface area contributed by atoms with Crippen molar-refractivity contribution in [1.29, 1.82) is 0 Å². The first-order valence-electron chi connectivity index (χ1n) is 7.36. The molecule has 0 aliphatic heterocycles. The molecule has 122 valence electrons. The Morgan fingerprint density at radius 3 is 2.75 bits per heavy atom. The van der Waals surface area contributed by atoms with Crippen molar-refractivity contribution in [3.8, 4) is 11.4 Å². The number of benzene rings is 1. The van der Waals surface area contributed by atoms with Crippen LogP contribution in [0.1, 0.15) is 12.5 Å². The second-order valence-corrected chi connectivity index (χ2v) is 6.14. The van der Waals surface area contributed by atoms with Crippen LogP contribution in [0, 0.1) is 17.0 Å². The highest BCUT2D eigenvalue weighted by molar-refractivity contribution is 7.99. The number of pyridine rings is 1. The molecule has 2 aromatic heterocycles. The molecule has 0 amide bonds. The summed E-state index contributed by atoms with van der Waals surface area (Å²) in [6, 6.07) is 8.84. The number of rotatable bonds is 5. The Labute approximate surface area is 142 Å². The van der Waals surface area contributed by atoms with E-state index in [2.05, 4.69) is 15.2 Å². The highest BCUT2D eigenvalue weighted by Gasteiger charge is 2.16. The number of aryl methyl sites for hydroxylation is 1. The molecule has 0 bridgehead atoms. The molecule has 0 saturated heterocycles. The predicted molar refractivity (Wildman–Crippen MR) is 90.9 cm³/mol. The topological polar surface area (TPSA) is 86.7 Å². The van der Waals surface area contributed by atoms with E-state index in [9.17, 15) is 10.1 Å². The summed E-state index contributed by atoms with van der Waals surface area (Å²) < 4.78 is 2.00. The summed E-state index contributed by atoms with van der Waals surface area (Å²) in [4.78, 5) is 15.5.